The summed E-state index contributed by atoms with van der Waals surface area (Å²) < 4.78 is 31.8. The largest absolute Gasteiger partial charge is 0.482 e. The van der Waals surface area contributed by atoms with Crippen LogP contribution < -0.4 is 4.74 Å². The first kappa shape index (κ1) is 13.7. The predicted octanol–water partition coefficient (Wildman–Crippen LogP) is 3.99. The van der Waals surface area contributed by atoms with Crippen molar-refractivity contribution in [3.63, 3.8) is 0 Å². The van der Waals surface area contributed by atoms with Crippen molar-refractivity contribution in [1.82, 2.24) is 0 Å². The minimum absolute atomic E-state index is 0.00941. The molecule has 0 amide bonds. The Bertz CT molecular complexity index is 597. The molecule has 0 atom stereocenters. The maximum Gasteiger partial charge on any atom is 0.200 e. The van der Waals surface area contributed by atoms with E-state index in [0.29, 0.717) is 10.0 Å². The molecule has 0 spiro atoms. The van der Waals surface area contributed by atoms with Crippen molar-refractivity contribution in [2.45, 2.75) is 0 Å². The van der Waals surface area contributed by atoms with Crippen molar-refractivity contribution < 1.29 is 18.3 Å². The summed E-state index contributed by atoms with van der Waals surface area (Å²) >= 11 is 3.18. The topological polar surface area (TPSA) is 26.3 Å². The quantitative estimate of drug-likeness (QED) is 0.794. The van der Waals surface area contributed by atoms with Crippen LogP contribution in [-0.2, 0) is 0 Å². The molecule has 2 nitrogen and oxygen atoms in total. The zero-order chi connectivity index (χ0) is 13.8. The van der Waals surface area contributed by atoms with Crippen molar-refractivity contribution >= 4 is 21.7 Å². The van der Waals surface area contributed by atoms with Gasteiger partial charge in [-0.25, -0.2) is 8.78 Å². The van der Waals surface area contributed by atoms with Gasteiger partial charge in [0.25, 0.3) is 0 Å². The van der Waals surface area contributed by atoms with Crippen molar-refractivity contribution in [2.24, 2.45) is 0 Å². The van der Waals surface area contributed by atoms with Gasteiger partial charge >= 0.3 is 0 Å². The third-order valence-corrected chi connectivity index (χ3v) is 2.91. The van der Waals surface area contributed by atoms with Crippen LogP contribution in [0.3, 0.4) is 0 Å². The number of rotatable bonds is 4. The van der Waals surface area contributed by atoms with E-state index in [9.17, 15) is 13.6 Å². The van der Waals surface area contributed by atoms with Crippen LogP contribution in [0.2, 0.25) is 0 Å². The van der Waals surface area contributed by atoms with Gasteiger partial charge in [0.05, 0.1) is 0 Å². The molecule has 0 aliphatic heterocycles. The number of hydrogen-bond donors (Lipinski definition) is 0. The number of halogens is 3. The van der Waals surface area contributed by atoms with Gasteiger partial charge in [-0.05, 0) is 42.5 Å². The van der Waals surface area contributed by atoms with Crippen LogP contribution in [0.4, 0.5) is 8.78 Å². The number of ether oxygens (including phenoxy) is 1. The Labute approximate surface area is 117 Å². The molecule has 0 unspecified atom stereocenters. The van der Waals surface area contributed by atoms with Gasteiger partial charge in [-0.1, -0.05) is 15.9 Å². The molecular formula is C14H9BrF2O2. The Balaban J connectivity index is 2.04. The lowest BCUT2D eigenvalue weighted by molar-refractivity contribution is 0.0918. The molecule has 0 heterocycles. The molecular weight excluding hydrogens is 318 g/mol. The molecule has 0 saturated carbocycles. The lowest BCUT2D eigenvalue weighted by atomic mass is 10.1. The van der Waals surface area contributed by atoms with Gasteiger partial charge in [0.2, 0.25) is 0 Å². The van der Waals surface area contributed by atoms with E-state index in [-0.39, 0.29) is 18.1 Å². The molecule has 2 aromatic rings. The first-order valence-electron chi connectivity index (χ1n) is 5.43. The average Bonchev–Trinajstić information content (AvgIpc) is 2.40. The number of ketones is 1. The van der Waals surface area contributed by atoms with Crippen LogP contribution in [0, 0.1) is 11.6 Å². The molecule has 0 bridgehead atoms. The predicted molar refractivity (Wildman–Crippen MR) is 70.3 cm³/mol. The summed E-state index contributed by atoms with van der Waals surface area (Å²) in [5, 5.41) is 0. The molecule has 19 heavy (non-hydrogen) atoms. The lowest BCUT2D eigenvalue weighted by Gasteiger charge is -2.07. The van der Waals surface area contributed by atoms with Crippen LogP contribution >= 0.6 is 15.9 Å². The third kappa shape index (κ3) is 3.61. The SMILES string of the molecule is O=C(COc1cc(Br)ccc1F)c1ccc(F)cc1. The average molecular weight is 327 g/mol. The van der Waals surface area contributed by atoms with E-state index in [1.54, 1.807) is 0 Å². The van der Waals surface area contributed by atoms with Gasteiger partial charge in [0, 0.05) is 10.0 Å². The second kappa shape index (κ2) is 5.93. The van der Waals surface area contributed by atoms with E-state index in [0.717, 1.165) is 0 Å². The number of Topliss-reactive ketones (excluding diaryl/α,β-unsaturated/α-hetero) is 1. The fourth-order valence-corrected chi connectivity index (χ4v) is 1.79. The fourth-order valence-electron chi connectivity index (χ4n) is 1.45. The maximum atomic E-state index is 13.4. The van der Waals surface area contributed by atoms with E-state index in [2.05, 4.69) is 15.9 Å². The van der Waals surface area contributed by atoms with Gasteiger partial charge < -0.3 is 4.74 Å². The number of hydrogen-bond acceptors (Lipinski definition) is 2. The summed E-state index contributed by atoms with van der Waals surface area (Å²) in [5.74, 6) is -1.32. The Kier molecular flexibility index (Phi) is 4.27. The Morgan fingerprint density at radius 1 is 1.11 bits per heavy atom. The van der Waals surface area contributed by atoms with E-state index >= 15 is 0 Å². The number of benzene rings is 2. The van der Waals surface area contributed by atoms with Crippen LogP contribution in [0.5, 0.6) is 5.75 Å². The Morgan fingerprint density at radius 3 is 2.47 bits per heavy atom. The zero-order valence-corrected chi connectivity index (χ0v) is 11.3. The van der Waals surface area contributed by atoms with Crippen LogP contribution in [0.25, 0.3) is 0 Å². The van der Waals surface area contributed by atoms with E-state index in [1.165, 1.54) is 42.5 Å². The molecule has 0 aromatic heterocycles. The second-order valence-electron chi connectivity index (χ2n) is 3.79. The summed E-state index contributed by atoms with van der Waals surface area (Å²) in [6, 6.07) is 9.30. The molecule has 5 heteroatoms. The first-order chi connectivity index (χ1) is 9.06. The highest BCUT2D eigenvalue weighted by atomic mass is 79.9. The van der Waals surface area contributed by atoms with Crippen LogP contribution in [-0.4, -0.2) is 12.4 Å². The first-order valence-corrected chi connectivity index (χ1v) is 6.22. The van der Waals surface area contributed by atoms with Gasteiger partial charge in [0.15, 0.2) is 24.0 Å². The Morgan fingerprint density at radius 2 is 1.79 bits per heavy atom. The maximum absolute atomic E-state index is 13.4. The normalized spacial score (nSPS) is 10.3. The molecule has 2 rings (SSSR count). The van der Waals surface area contributed by atoms with Crippen molar-refractivity contribution in [2.75, 3.05) is 6.61 Å². The van der Waals surface area contributed by atoms with Crippen LogP contribution in [0.1, 0.15) is 10.4 Å². The molecule has 0 aliphatic rings. The fraction of sp³-hybridized carbons (Fsp3) is 0.0714. The van der Waals surface area contributed by atoms with Crippen LogP contribution in [0.15, 0.2) is 46.9 Å². The minimum atomic E-state index is -0.546. The molecule has 0 radical (unpaired) electrons. The zero-order valence-electron chi connectivity index (χ0n) is 9.70. The summed E-state index contributed by atoms with van der Waals surface area (Å²) in [6.45, 7) is -0.307. The van der Waals surface area contributed by atoms with Crippen molar-refractivity contribution in [1.29, 1.82) is 0 Å². The summed E-state index contributed by atoms with van der Waals surface area (Å²) in [7, 11) is 0. The summed E-state index contributed by atoms with van der Waals surface area (Å²) in [6.07, 6.45) is 0. The molecule has 98 valence electrons. The van der Waals surface area contributed by atoms with E-state index in [4.69, 9.17) is 4.74 Å². The van der Waals surface area contributed by atoms with Crippen molar-refractivity contribution in [3.05, 3.63) is 64.1 Å². The third-order valence-electron chi connectivity index (χ3n) is 2.42. The van der Waals surface area contributed by atoms with Crippen molar-refractivity contribution in [3.8, 4) is 5.75 Å². The lowest BCUT2D eigenvalue weighted by Crippen LogP contribution is -2.12. The minimum Gasteiger partial charge on any atom is -0.482 e. The van der Waals surface area contributed by atoms with Gasteiger partial charge in [0.1, 0.15) is 5.82 Å². The smallest absolute Gasteiger partial charge is 0.200 e. The van der Waals surface area contributed by atoms with E-state index in [1.807, 2.05) is 0 Å². The van der Waals surface area contributed by atoms with Gasteiger partial charge in [-0.2, -0.15) is 0 Å². The monoisotopic (exact) mass is 326 g/mol. The summed E-state index contributed by atoms with van der Waals surface area (Å²) in [4.78, 5) is 11.7. The van der Waals surface area contributed by atoms with Gasteiger partial charge in [-0.3, -0.25) is 4.79 Å². The Hall–Kier alpha value is -1.75. The second-order valence-corrected chi connectivity index (χ2v) is 4.71. The molecule has 0 N–H and O–H groups in total. The van der Waals surface area contributed by atoms with E-state index < -0.39 is 11.6 Å². The molecule has 0 fully saturated rings. The summed E-state index contributed by atoms with van der Waals surface area (Å²) in [5.41, 5.74) is 0.316. The highest BCUT2D eigenvalue weighted by Crippen LogP contribution is 2.22. The standard InChI is InChI=1S/C14H9BrF2O2/c15-10-3-6-12(17)14(7-10)19-8-13(18)9-1-4-11(16)5-2-9/h1-7H,8H2. The highest BCUT2D eigenvalue weighted by Gasteiger charge is 2.09. The molecule has 0 saturated heterocycles. The number of carbonyl (C=O) groups is 1. The molecule has 2 aromatic carbocycles. The highest BCUT2D eigenvalue weighted by molar-refractivity contribution is 9.10. The number of carbonyl (C=O) groups excluding carboxylic acids is 1. The van der Waals surface area contributed by atoms with Gasteiger partial charge in [-0.15, -0.1) is 0 Å². The molecule has 0 aliphatic carbocycles.